The lowest BCUT2D eigenvalue weighted by Gasteiger charge is -2.14. The highest BCUT2D eigenvalue weighted by Crippen LogP contribution is 2.12. The van der Waals surface area contributed by atoms with Gasteiger partial charge < -0.3 is 15.2 Å². The number of hydrogen-bond acceptors (Lipinski definition) is 5. The smallest absolute Gasteiger partial charge is 0.270 e. The zero-order valence-electron chi connectivity index (χ0n) is 8.88. The van der Waals surface area contributed by atoms with Gasteiger partial charge in [0.1, 0.15) is 0 Å². The molecule has 1 N–H and O–H groups in total. The highest BCUT2D eigenvalue weighted by atomic mass is 16.6. The van der Waals surface area contributed by atoms with E-state index in [9.17, 15) is 24.8 Å². The molecular weight excluding hydrogens is 228 g/mol. The van der Waals surface area contributed by atoms with Crippen LogP contribution in [0.1, 0.15) is 17.3 Å². The highest BCUT2D eigenvalue weighted by Gasteiger charge is 2.13. The average Bonchev–Trinajstić information content (AvgIpc) is 2.28. The van der Waals surface area contributed by atoms with Gasteiger partial charge in [0.25, 0.3) is 11.6 Å². The zero-order valence-corrected chi connectivity index (χ0v) is 8.88. The Bertz CT molecular complexity index is 472. The summed E-state index contributed by atoms with van der Waals surface area (Å²) >= 11 is 0. The van der Waals surface area contributed by atoms with Gasteiger partial charge in [-0.15, -0.1) is 0 Å². The first-order valence-electron chi connectivity index (χ1n) is 4.68. The van der Waals surface area contributed by atoms with Crippen LogP contribution in [0.4, 0.5) is 5.69 Å². The number of non-ortho nitro benzene ring substituents is 1. The van der Waals surface area contributed by atoms with Crippen LogP contribution in [0.2, 0.25) is 0 Å². The van der Waals surface area contributed by atoms with E-state index in [0.717, 1.165) is 6.07 Å². The maximum atomic E-state index is 11.5. The molecule has 1 atom stereocenters. The van der Waals surface area contributed by atoms with Gasteiger partial charge in [-0.2, -0.15) is 0 Å². The molecule has 0 aliphatic carbocycles. The van der Waals surface area contributed by atoms with Crippen molar-refractivity contribution in [3.8, 4) is 0 Å². The molecule has 7 heteroatoms. The number of nitrogens with zero attached hydrogens (tertiary/aromatic N) is 1. The van der Waals surface area contributed by atoms with E-state index in [1.165, 1.54) is 25.1 Å². The zero-order chi connectivity index (χ0) is 13.0. The van der Waals surface area contributed by atoms with Crippen LogP contribution < -0.4 is 10.4 Å². The average molecular weight is 237 g/mol. The van der Waals surface area contributed by atoms with E-state index in [1.807, 2.05) is 0 Å². The largest absolute Gasteiger partial charge is 0.548 e. The van der Waals surface area contributed by atoms with E-state index >= 15 is 0 Å². The van der Waals surface area contributed by atoms with Gasteiger partial charge in [-0.25, -0.2) is 0 Å². The van der Waals surface area contributed by atoms with Crippen LogP contribution in [0.15, 0.2) is 24.3 Å². The molecule has 0 saturated heterocycles. The summed E-state index contributed by atoms with van der Waals surface area (Å²) in [6.45, 7) is 1.24. The van der Waals surface area contributed by atoms with Crippen LogP contribution in [0.5, 0.6) is 0 Å². The van der Waals surface area contributed by atoms with E-state index in [0.29, 0.717) is 0 Å². The van der Waals surface area contributed by atoms with Gasteiger partial charge in [0.15, 0.2) is 0 Å². The molecule has 0 fully saturated rings. The van der Waals surface area contributed by atoms with Gasteiger partial charge >= 0.3 is 0 Å². The van der Waals surface area contributed by atoms with Crippen molar-refractivity contribution in [2.45, 2.75) is 13.0 Å². The first-order valence-corrected chi connectivity index (χ1v) is 4.68. The summed E-state index contributed by atoms with van der Waals surface area (Å²) in [5, 5.41) is 23.0. The number of carboxylic acid groups (broad SMARTS) is 1. The third-order valence-electron chi connectivity index (χ3n) is 2.02. The molecule has 0 heterocycles. The Balaban J connectivity index is 2.86. The third-order valence-corrected chi connectivity index (χ3v) is 2.02. The molecule has 0 spiro atoms. The van der Waals surface area contributed by atoms with Crippen molar-refractivity contribution in [2.24, 2.45) is 0 Å². The van der Waals surface area contributed by atoms with Crippen LogP contribution in [-0.2, 0) is 4.79 Å². The Hall–Kier alpha value is -2.44. The Morgan fingerprint density at radius 3 is 2.59 bits per heavy atom. The number of carboxylic acids is 1. The third kappa shape index (κ3) is 3.26. The van der Waals surface area contributed by atoms with Crippen LogP contribution in [0.25, 0.3) is 0 Å². The lowest BCUT2D eigenvalue weighted by molar-refractivity contribution is -0.384. The predicted molar refractivity (Wildman–Crippen MR) is 55.0 cm³/mol. The molecule has 90 valence electrons. The van der Waals surface area contributed by atoms with Crippen LogP contribution in [0.3, 0.4) is 0 Å². The second-order valence-corrected chi connectivity index (χ2v) is 3.32. The Labute approximate surface area is 96.2 Å². The fraction of sp³-hybridized carbons (Fsp3) is 0.200. The van der Waals surface area contributed by atoms with Crippen LogP contribution >= 0.6 is 0 Å². The summed E-state index contributed by atoms with van der Waals surface area (Å²) in [7, 11) is 0. The molecular formula is C10H9N2O5-. The number of amides is 1. The van der Waals surface area contributed by atoms with Crippen molar-refractivity contribution in [3.05, 3.63) is 39.9 Å². The number of benzene rings is 1. The number of nitrogens with one attached hydrogen (secondary N) is 1. The van der Waals surface area contributed by atoms with Crippen molar-refractivity contribution < 1.29 is 19.6 Å². The maximum absolute atomic E-state index is 11.5. The van der Waals surface area contributed by atoms with Gasteiger partial charge in [0.05, 0.1) is 16.9 Å². The summed E-state index contributed by atoms with van der Waals surface area (Å²) in [5.74, 6) is -2.13. The van der Waals surface area contributed by atoms with Gasteiger partial charge in [0.2, 0.25) is 0 Å². The minimum atomic E-state index is -1.43. The minimum Gasteiger partial charge on any atom is -0.548 e. The monoisotopic (exact) mass is 237 g/mol. The van der Waals surface area contributed by atoms with E-state index in [1.54, 1.807) is 0 Å². The number of nitro benzene ring substituents is 1. The Morgan fingerprint density at radius 1 is 1.41 bits per heavy atom. The highest BCUT2D eigenvalue weighted by molar-refractivity contribution is 5.96. The second kappa shape index (κ2) is 5.06. The molecule has 0 aromatic heterocycles. The second-order valence-electron chi connectivity index (χ2n) is 3.32. The number of nitro groups is 1. The topological polar surface area (TPSA) is 112 Å². The van der Waals surface area contributed by atoms with Gasteiger partial charge in [-0.1, -0.05) is 6.07 Å². The Morgan fingerprint density at radius 2 is 2.06 bits per heavy atom. The van der Waals surface area contributed by atoms with Crippen molar-refractivity contribution in [1.82, 2.24) is 5.32 Å². The molecule has 0 unspecified atom stereocenters. The van der Waals surface area contributed by atoms with E-state index in [2.05, 4.69) is 5.32 Å². The number of carbonyl (C=O) groups excluding carboxylic acids is 2. The van der Waals surface area contributed by atoms with Crippen molar-refractivity contribution >= 4 is 17.6 Å². The molecule has 0 saturated carbocycles. The lowest BCUT2D eigenvalue weighted by Crippen LogP contribution is -2.45. The molecule has 0 bridgehead atoms. The normalized spacial score (nSPS) is 11.6. The fourth-order valence-electron chi connectivity index (χ4n) is 1.10. The summed E-state index contributed by atoms with van der Waals surface area (Å²) in [6, 6.07) is 3.83. The molecule has 0 radical (unpaired) electrons. The van der Waals surface area contributed by atoms with Crippen LogP contribution in [-0.4, -0.2) is 22.8 Å². The molecule has 7 nitrogen and oxygen atoms in total. The molecule has 1 aromatic carbocycles. The first kappa shape index (κ1) is 12.6. The molecule has 1 rings (SSSR count). The summed E-state index contributed by atoms with van der Waals surface area (Å²) < 4.78 is 0. The number of carbonyl (C=O) groups is 2. The number of aliphatic carboxylic acids is 1. The summed E-state index contributed by atoms with van der Waals surface area (Å²) in [5.41, 5.74) is -0.217. The molecule has 0 aliphatic rings. The van der Waals surface area contributed by atoms with Crippen molar-refractivity contribution in [3.63, 3.8) is 0 Å². The van der Waals surface area contributed by atoms with Crippen LogP contribution in [0, 0.1) is 10.1 Å². The molecule has 1 amide bonds. The standard InChI is InChI=1S/C10H10N2O5/c1-6(10(14)15)11-9(13)7-3-2-4-8(5-7)12(16)17/h2-6H,1H3,(H,11,13)(H,14,15)/p-1/t6-/m1/s1. The quantitative estimate of drug-likeness (QED) is 0.558. The van der Waals surface area contributed by atoms with Gasteiger partial charge in [-0.05, 0) is 13.0 Å². The summed E-state index contributed by atoms with van der Waals surface area (Å²) in [4.78, 5) is 31.8. The molecule has 17 heavy (non-hydrogen) atoms. The number of hydrogen-bond donors (Lipinski definition) is 1. The van der Waals surface area contributed by atoms with Gasteiger partial charge in [0, 0.05) is 17.7 Å². The van der Waals surface area contributed by atoms with Gasteiger partial charge in [-0.3, -0.25) is 14.9 Å². The lowest BCUT2D eigenvalue weighted by atomic mass is 10.2. The summed E-state index contributed by atoms with van der Waals surface area (Å²) in [6.07, 6.45) is 0. The number of rotatable bonds is 4. The van der Waals surface area contributed by atoms with Crippen molar-refractivity contribution in [1.29, 1.82) is 0 Å². The minimum absolute atomic E-state index is 0.0206. The fourth-order valence-corrected chi connectivity index (χ4v) is 1.10. The van der Waals surface area contributed by atoms with E-state index < -0.39 is 22.8 Å². The van der Waals surface area contributed by atoms with E-state index in [-0.39, 0.29) is 11.3 Å². The maximum Gasteiger partial charge on any atom is 0.270 e. The SMILES string of the molecule is C[C@@H](NC(=O)c1cccc([N+](=O)[O-])c1)C(=O)[O-]. The van der Waals surface area contributed by atoms with Crippen molar-refractivity contribution in [2.75, 3.05) is 0 Å². The van der Waals surface area contributed by atoms with E-state index in [4.69, 9.17) is 0 Å². The Kier molecular flexibility index (Phi) is 3.76. The molecule has 0 aliphatic heterocycles. The molecule has 1 aromatic rings. The predicted octanol–water partition coefficient (Wildman–Crippen LogP) is -0.537. The first-order chi connectivity index (χ1) is 7.91.